The minimum absolute atomic E-state index is 0.0287. The number of nitrogens with one attached hydrogen (secondary N) is 4. The SMILES string of the molecule is CNC(=O)N(CCC=O)C(=N)c1ccc(C2CCN(Cc3cnn(-c4cc(F)cc(S(=O)N5CCC(Nc6ncc(Cl)cn6)CC5)c4)c3)CC2)cc1NC. The molecule has 0 spiro atoms. The minimum Gasteiger partial charge on any atom is -0.388 e. The molecule has 2 aliphatic rings. The van der Waals surface area contributed by atoms with Gasteiger partial charge in [0.1, 0.15) is 28.9 Å². The summed E-state index contributed by atoms with van der Waals surface area (Å²) in [6.07, 6.45) is 11.0. The summed E-state index contributed by atoms with van der Waals surface area (Å²) in [5, 5.41) is 22.7. The Morgan fingerprint density at radius 2 is 1.80 bits per heavy atom. The number of hydrogen-bond acceptors (Lipinski definition) is 10. The zero-order chi connectivity index (χ0) is 38.2. The van der Waals surface area contributed by atoms with Gasteiger partial charge in [0.05, 0.1) is 34.2 Å². The molecule has 286 valence electrons. The van der Waals surface area contributed by atoms with Gasteiger partial charge in [0, 0.05) is 75.7 Å². The van der Waals surface area contributed by atoms with E-state index in [0.29, 0.717) is 52.7 Å². The van der Waals surface area contributed by atoms with E-state index in [-0.39, 0.29) is 24.8 Å². The molecule has 4 N–H and O–H groups in total. The quantitative estimate of drug-likeness (QED) is 0.0829. The van der Waals surface area contributed by atoms with Crippen LogP contribution in [0.3, 0.4) is 0 Å². The maximum Gasteiger partial charge on any atom is 0.322 e. The van der Waals surface area contributed by atoms with E-state index in [0.717, 1.165) is 61.9 Å². The van der Waals surface area contributed by atoms with Crippen molar-refractivity contribution in [3.63, 3.8) is 0 Å². The normalized spacial score (nSPS) is 16.4. The third-order valence-corrected chi connectivity index (χ3v) is 11.5. The summed E-state index contributed by atoms with van der Waals surface area (Å²) in [6.45, 7) is 3.71. The number of halogens is 2. The number of amides is 2. The first-order valence-electron chi connectivity index (χ1n) is 18.0. The first-order valence-corrected chi connectivity index (χ1v) is 19.5. The third-order valence-electron chi connectivity index (χ3n) is 9.83. The molecule has 4 aromatic rings. The minimum atomic E-state index is -1.54. The number of aromatic nitrogens is 4. The van der Waals surface area contributed by atoms with Crippen molar-refractivity contribution in [2.24, 2.45) is 0 Å². The summed E-state index contributed by atoms with van der Waals surface area (Å²) < 4.78 is 31.9. The highest BCUT2D eigenvalue weighted by Gasteiger charge is 2.27. The Bertz CT molecular complexity index is 1960. The zero-order valence-electron chi connectivity index (χ0n) is 30.3. The van der Waals surface area contributed by atoms with E-state index >= 15 is 0 Å². The predicted octanol–water partition coefficient (Wildman–Crippen LogP) is 5.03. The Morgan fingerprint density at radius 1 is 1.06 bits per heavy atom. The van der Waals surface area contributed by atoms with Gasteiger partial charge in [-0.3, -0.25) is 15.2 Å². The van der Waals surface area contributed by atoms with E-state index in [2.05, 4.69) is 35.9 Å². The van der Waals surface area contributed by atoms with Crippen molar-refractivity contribution >= 4 is 52.4 Å². The third kappa shape index (κ3) is 9.47. The van der Waals surface area contributed by atoms with Gasteiger partial charge >= 0.3 is 6.03 Å². The lowest BCUT2D eigenvalue weighted by Gasteiger charge is -2.32. The highest BCUT2D eigenvalue weighted by molar-refractivity contribution is 7.82. The van der Waals surface area contributed by atoms with Crippen LogP contribution in [0.4, 0.5) is 20.8 Å². The van der Waals surface area contributed by atoms with Gasteiger partial charge in [-0.1, -0.05) is 17.7 Å². The highest BCUT2D eigenvalue weighted by Crippen LogP contribution is 2.32. The Labute approximate surface area is 321 Å². The summed E-state index contributed by atoms with van der Waals surface area (Å²) in [4.78, 5) is 35.8. The van der Waals surface area contributed by atoms with E-state index < -0.39 is 22.8 Å². The average molecular weight is 778 g/mol. The van der Waals surface area contributed by atoms with Crippen molar-refractivity contribution in [1.29, 1.82) is 5.41 Å². The van der Waals surface area contributed by atoms with Crippen LogP contribution < -0.4 is 16.0 Å². The van der Waals surface area contributed by atoms with E-state index in [1.165, 1.54) is 24.1 Å². The van der Waals surface area contributed by atoms with Crippen LogP contribution in [0.15, 0.2) is 66.1 Å². The first-order chi connectivity index (χ1) is 26.1. The van der Waals surface area contributed by atoms with E-state index in [9.17, 15) is 18.2 Å². The Morgan fingerprint density at radius 3 is 2.48 bits per heavy atom. The molecule has 1 unspecified atom stereocenters. The lowest BCUT2D eigenvalue weighted by atomic mass is 9.88. The smallest absolute Gasteiger partial charge is 0.322 e. The largest absolute Gasteiger partial charge is 0.388 e. The van der Waals surface area contributed by atoms with Crippen molar-refractivity contribution in [3.05, 3.63) is 88.7 Å². The van der Waals surface area contributed by atoms with Crippen LogP contribution in [0.2, 0.25) is 5.02 Å². The number of rotatable bonds is 13. The number of amidine groups is 1. The summed E-state index contributed by atoms with van der Waals surface area (Å²) >= 11 is 5.88. The highest BCUT2D eigenvalue weighted by atomic mass is 35.5. The molecule has 2 fully saturated rings. The van der Waals surface area contributed by atoms with Crippen LogP contribution in [0.1, 0.15) is 54.7 Å². The van der Waals surface area contributed by atoms with E-state index in [1.807, 2.05) is 28.7 Å². The van der Waals surface area contributed by atoms with Gasteiger partial charge in [-0.2, -0.15) is 5.10 Å². The number of aldehydes is 1. The van der Waals surface area contributed by atoms with Crippen LogP contribution >= 0.6 is 11.6 Å². The fourth-order valence-electron chi connectivity index (χ4n) is 6.94. The monoisotopic (exact) mass is 777 g/mol. The van der Waals surface area contributed by atoms with Gasteiger partial charge < -0.3 is 20.7 Å². The molecule has 17 heteroatoms. The molecule has 2 aliphatic heterocycles. The van der Waals surface area contributed by atoms with Gasteiger partial charge in [-0.15, -0.1) is 0 Å². The molecular weight excluding hydrogens is 733 g/mol. The van der Waals surface area contributed by atoms with Gasteiger partial charge in [0.2, 0.25) is 5.95 Å². The maximum absolute atomic E-state index is 14.9. The molecule has 0 bridgehead atoms. The van der Waals surface area contributed by atoms with Crippen LogP contribution in [0.5, 0.6) is 0 Å². The zero-order valence-corrected chi connectivity index (χ0v) is 31.9. The van der Waals surface area contributed by atoms with Gasteiger partial charge in [-0.25, -0.2) is 32.3 Å². The van der Waals surface area contributed by atoms with Crippen molar-refractivity contribution in [2.75, 3.05) is 57.5 Å². The van der Waals surface area contributed by atoms with Crippen LogP contribution in [0, 0.1) is 11.2 Å². The predicted molar refractivity (Wildman–Crippen MR) is 207 cm³/mol. The van der Waals surface area contributed by atoms with Gasteiger partial charge in [-0.05, 0) is 80.6 Å². The summed E-state index contributed by atoms with van der Waals surface area (Å²) in [5.41, 5.74) is 4.00. The summed E-state index contributed by atoms with van der Waals surface area (Å²) in [7, 11) is 1.76. The maximum atomic E-state index is 14.9. The molecule has 14 nitrogen and oxygen atoms in total. The van der Waals surface area contributed by atoms with E-state index in [4.69, 9.17) is 17.0 Å². The molecule has 6 rings (SSSR count). The number of hydrogen-bond donors (Lipinski definition) is 4. The molecule has 0 saturated carbocycles. The molecule has 2 amide bonds. The Balaban J connectivity index is 1.03. The number of carbonyl (C=O) groups is 2. The molecule has 0 radical (unpaired) electrons. The summed E-state index contributed by atoms with van der Waals surface area (Å²) in [5.74, 6) is 0.388. The van der Waals surface area contributed by atoms with Crippen molar-refractivity contribution < 1.29 is 18.2 Å². The second-order valence-corrected chi connectivity index (χ2v) is 15.3. The second kappa shape index (κ2) is 18.0. The molecule has 2 aromatic heterocycles. The lowest BCUT2D eigenvalue weighted by molar-refractivity contribution is -0.107. The molecule has 0 aliphatic carbocycles. The number of likely N-dealkylation sites (tertiary alicyclic amines) is 1. The van der Waals surface area contributed by atoms with Gasteiger partial charge in [0.25, 0.3) is 0 Å². The average Bonchev–Trinajstić information content (AvgIpc) is 3.67. The van der Waals surface area contributed by atoms with Crippen molar-refractivity contribution in [3.8, 4) is 5.69 Å². The number of carbonyl (C=O) groups excluding carboxylic acids is 2. The number of urea groups is 1. The lowest BCUT2D eigenvalue weighted by Crippen LogP contribution is -2.43. The standard InChI is InChI=1S/C37H45ClFN11O3S/c1-41-34-16-27(4-5-33(34)35(40)49(10-3-15-51)37(52)42-2)26-6-11-47(12-7-26)23-25-20-45-50(24-25)31-17-29(39)18-32(19-31)54(53)48-13-8-30(9-14-48)46-36-43-21-28(38)22-44-36/h4-5,15-22,24,26,30,40-41H,3,6-14,23H2,1-2H3,(H,42,52)(H,43,44,46). The van der Waals surface area contributed by atoms with Crippen LogP contribution in [-0.2, 0) is 22.3 Å². The fourth-order valence-corrected chi connectivity index (χ4v) is 8.31. The molecule has 1 atom stereocenters. The Hall–Kier alpha value is -4.77. The Kier molecular flexibility index (Phi) is 13.0. The van der Waals surface area contributed by atoms with Crippen LogP contribution in [-0.4, -0.2) is 109 Å². The number of anilines is 2. The van der Waals surface area contributed by atoms with Crippen LogP contribution in [0.25, 0.3) is 5.69 Å². The number of piperidine rings is 2. The number of nitrogens with zero attached hydrogens (tertiary/aromatic N) is 7. The van der Waals surface area contributed by atoms with E-state index in [1.54, 1.807) is 36.4 Å². The molecular formula is C37H45ClFN11O3S. The topological polar surface area (TPSA) is 164 Å². The molecule has 54 heavy (non-hydrogen) atoms. The summed E-state index contributed by atoms with van der Waals surface area (Å²) in [6, 6.07) is 10.1. The van der Waals surface area contributed by atoms with Crippen molar-refractivity contribution in [2.45, 2.75) is 55.5 Å². The van der Waals surface area contributed by atoms with Gasteiger partial charge in [0.15, 0.2) is 0 Å². The van der Waals surface area contributed by atoms with Crippen molar-refractivity contribution in [1.82, 2.24) is 39.2 Å². The molecule has 4 heterocycles. The molecule has 2 aromatic carbocycles. The first kappa shape index (κ1) is 38.9. The second-order valence-electron chi connectivity index (χ2n) is 13.4. The fraction of sp³-hybridized carbons (Fsp3) is 0.405. The molecule has 2 saturated heterocycles. The number of benzene rings is 2.